The van der Waals surface area contributed by atoms with Gasteiger partial charge in [0.1, 0.15) is 4.90 Å². The highest BCUT2D eigenvalue weighted by Gasteiger charge is 2.37. The van der Waals surface area contributed by atoms with Crippen molar-refractivity contribution < 1.29 is 8.42 Å². The van der Waals surface area contributed by atoms with E-state index in [1.165, 1.54) is 0 Å². The zero-order valence-electron chi connectivity index (χ0n) is 11.6. The van der Waals surface area contributed by atoms with Crippen LogP contribution in [0.4, 0.5) is 0 Å². The second kappa shape index (κ2) is 6.22. The van der Waals surface area contributed by atoms with Gasteiger partial charge in [-0.3, -0.25) is 0 Å². The van der Waals surface area contributed by atoms with Gasteiger partial charge in [-0.1, -0.05) is 42.1 Å². The first-order valence-corrected chi connectivity index (χ1v) is 9.03. The Morgan fingerprint density at radius 1 is 1.15 bits per heavy atom. The minimum absolute atomic E-state index is 0.0314. The third-order valence-electron chi connectivity index (χ3n) is 3.65. The molecule has 0 spiro atoms. The second-order valence-corrected chi connectivity index (χ2v) is 8.01. The van der Waals surface area contributed by atoms with Crippen LogP contribution in [-0.4, -0.2) is 24.8 Å². The largest absolute Gasteiger partial charge is 0.246 e. The van der Waals surface area contributed by atoms with Gasteiger partial charge in [0.15, 0.2) is 0 Å². The van der Waals surface area contributed by atoms with Gasteiger partial charge in [0.2, 0.25) is 10.0 Å². The van der Waals surface area contributed by atoms with Gasteiger partial charge < -0.3 is 0 Å². The number of rotatable bonds is 4. The summed E-state index contributed by atoms with van der Waals surface area (Å²) in [7, 11) is -3.68. The smallest absolute Gasteiger partial charge is 0.207 e. The monoisotopic (exact) mass is 335 g/mol. The molecule has 0 amide bonds. The second-order valence-electron chi connectivity index (χ2n) is 5.42. The van der Waals surface area contributed by atoms with E-state index in [4.69, 9.17) is 23.2 Å². The van der Waals surface area contributed by atoms with Crippen LogP contribution in [0.5, 0.6) is 0 Å². The van der Waals surface area contributed by atoms with E-state index >= 15 is 0 Å². The fourth-order valence-corrected chi connectivity index (χ4v) is 5.87. The molecule has 2 rings (SSSR count). The van der Waals surface area contributed by atoms with Crippen molar-refractivity contribution in [3.05, 3.63) is 28.2 Å². The quantitative estimate of drug-likeness (QED) is 0.820. The summed E-state index contributed by atoms with van der Waals surface area (Å²) in [6.07, 6.45) is 3.94. The van der Waals surface area contributed by atoms with E-state index in [9.17, 15) is 8.42 Å². The van der Waals surface area contributed by atoms with Crippen molar-refractivity contribution in [3.63, 3.8) is 0 Å². The van der Waals surface area contributed by atoms with E-state index in [0.29, 0.717) is 0 Å². The molecule has 0 atom stereocenters. The predicted octanol–water partition coefficient (Wildman–Crippen LogP) is 4.34. The normalized spacial score (nSPS) is 17.3. The fourth-order valence-electron chi connectivity index (χ4n) is 2.89. The van der Waals surface area contributed by atoms with E-state index in [1.54, 1.807) is 22.5 Å². The number of halogens is 2. The van der Waals surface area contributed by atoms with Crippen LogP contribution >= 0.6 is 23.2 Å². The highest BCUT2D eigenvalue weighted by Crippen LogP contribution is 2.36. The molecule has 0 saturated heterocycles. The molecule has 0 N–H and O–H groups in total. The van der Waals surface area contributed by atoms with Crippen molar-refractivity contribution in [3.8, 4) is 0 Å². The van der Waals surface area contributed by atoms with Gasteiger partial charge in [0.05, 0.1) is 10.0 Å². The van der Waals surface area contributed by atoms with Crippen molar-refractivity contribution >= 4 is 33.2 Å². The molecule has 112 valence electrons. The molecular formula is C14H19Cl2NO2S. The Hall–Kier alpha value is -0.290. The fraction of sp³-hybridized carbons (Fsp3) is 0.571. The van der Waals surface area contributed by atoms with Crippen LogP contribution in [0.15, 0.2) is 23.1 Å². The van der Waals surface area contributed by atoms with Gasteiger partial charge in [-0.05, 0) is 38.8 Å². The molecule has 1 aliphatic carbocycles. The van der Waals surface area contributed by atoms with Crippen molar-refractivity contribution in [1.82, 2.24) is 4.31 Å². The Bertz CT molecular complexity index is 561. The van der Waals surface area contributed by atoms with Crippen LogP contribution in [0, 0.1) is 0 Å². The molecule has 0 unspecified atom stereocenters. The van der Waals surface area contributed by atoms with Crippen LogP contribution in [0.25, 0.3) is 0 Å². The average Bonchev–Trinajstić information content (AvgIpc) is 2.80. The minimum atomic E-state index is -3.68. The Kier molecular flexibility index (Phi) is 5.00. The Morgan fingerprint density at radius 2 is 1.65 bits per heavy atom. The molecule has 6 heteroatoms. The predicted molar refractivity (Wildman–Crippen MR) is 82.9 cm³/mol. The Labute approximate surface area is 130 Å². The van der Waals surface area contributed by atoms with Crippen molar-refractivity contribution in [2.75, 3.05) is 0 Å². The zero-order chi connectivity index (χ0) is 14.9. The third-order valence-corrected chi connectivity index (χ3v) is 6.73. The van der Waals surface area contributed by atoms with Gasteiger partial charge in [-0.25, -0.2) is 8.42 Å². The summed E-state index contributed by atoms with van der Waals surface area (Å²) < 4.78 is 27.5. The van der Waals surface area contributed by atoms with Crippen LogP contribution in [0.3, 0.4) is 0 Å². The van der Waals surface area contributed by atoms with E-state index in [2.05, 4.69) is 0 Å². The molecule has 1 aliphatic rings. The van der Waals surface area contributed by atoms with Crippen molar-refractivity contribution in [1.29, 1.82) is 0 Å². The van der Waals surface area contributed by atoms with Crippen LogP contribution < -0.4 is 0 Å². The maximum Gasteiger partial charge on any atom is 0.246 e. The lowest BCUT2D eigenvalue weighted by Crippen LogP contribution is -2.43. The molecule has 20 heavy (non-hydrogen) atoms. The highest BCUT2D eigenvalue weighted by molar-refractivity contribution is 7.89. The molecule has 3 nitrogen and oxygen atoms in total. The standard InChI is InChI=1S/C14H19Cl2NO2S/c1-10(2)17(11-6-3-4-7-11)20(18,19)14-12(15)8-5-9-13(14)16/h5,8-11H,3-4,6-7H2,1-2H3. The molecule has 1 fully saturated rings. The molecule has 0 heterocycles. The number of sulfonamides is 1. The van der Waals surface area contributed by atoms with Crippen LogP contribution in [0.2, 0.25) is 10.0 Å². The summed E-state index contributed by atoms with van der Waals surface area (Å²) in [5, 5.41) is 0.363. The lowest BCUT2D eigenvalue weighted by Gasteiger charge is -2.32. The first kappa shape index (κ1) is 16.1. The van der Waals surface area contributed by atoms with Crippen molar-refractivity contribution in [2.45, 2.75) is 56.5 Å². The maximum atomic E-state index is 13.0. The van der Waals surface area contributed by atoms with E-state index in [1.807, 2.05) is 13.8 Å². The molecule has 1 aromatic rings. The zero-order valence-corrected chi connectivity index (χ0v) is 14.0. The highest BCUT2D eigenvalue weighted by atomic mass is 35.5. The maximum absolute atomic E-state index is 13.0. The van der Waals surface area contributed by atoms with Gasteiger partial charge in [-0.2, -0.15) is 4.31 Å². The average molecular weight is 336 g/mol. The summed E-state index contributed by atoms with van der Waals surface area (Å²) in [6, 6.07) is 4.71. The number of benzene rings is 1. The summed E-state index contributed by atoms with van der Waals surface area (Å²) in [5.41, 5.74) is 0. The van der Waals surface area contributed by atoms with Gasteiger partial charge in [0.25, 0.3) is 0 Å². The topological polar surface area (TPSA) is 37.4 Å². The lowest BCUT2D eigenvalue weighted by atomic mass is 10.2. The van der Waals surface area contributed by atoms with Crippen LogP contribution in [0.1, 0.15) is 39.5 Å². The molecular weight excluding hydrogens is 317 g/mol. The molecule has 0 bridgehead atoms. The van der Waals surface area contributed by atoms with Gasteiger partial charge in [0, 0.05) is 12.1 Å². The molecule has 0 aromatic heterocycles. The summed E-state index contributed by atoms with van der Waals surface area (Å²) in [4.78, 5) is 0.0314. The molecule has 0 aliphatic heterocycles. The molecule has 1 aromatic carbocycles. The molecule has 0 radical (unpaired) electrons. The van der Waals surface area contributed by atoms with E-state index in [0.717, 1.165) is 25.7 Å². The number of nitrogens with zero attached hydrogens (tertiary/aromatic N) is 1. The van der Waals surface area contributed by atoms with E-state index in [-0.39, 0.29) is 27.0 Å². The number of hydrogen-bond acceptors (Lipinski definition) is 2. The first-order chi connectivity index (χ1) is 9.35. The first-order valence-electron chi connectivity index (χ1n) is 6.83. The summed E-state index contributed by atoms with van der Waals surface area (Å²) >= 11 is 12.2. The number of hydrogen-bond donors (Lipinski definition) is 0. The van der Waals surface area contributed by atoms with Gasteiger partial charge in [-0.15, -0.1) is 0 Å². The van der Waals surface area contributed by atoms with E-state index < -0.39 is 10.0 Å². The van der Waals surface area contributed by atoms with Crippen molar-refractivity contribution in [2.24, 2.45) is 0 Å². The van der Waals surface area contributed by atoms with Gasteiger partial charge >= 0.3 is 0 Å². The Balaban J connectivity index is 2.51. The SMILES string of the molecule is CC(C)N(C1CCCC1)S(=O)(=O)c1c(Cl)cccc1Cl. The summed E-state index contributed by atoms with van der Waals surface area (Å²) in [5.74, 6) is 0. The lowest BCUT2D eigenvalue weighted by molar-refractivity contribution is 0.275. The van der Waals surface area contributed by atoms with Crippen LogP contribution in [-0.2, 0) is 10.0 Å². The molecule has 1 saturated carbocycles. The third kappa shape index (κ3) is 2.98. The summed E-state index contributed by atoms with van der Waals surface area (Å²) in [6.45, 7) is 3.78. The minimum Gasteiger partial charge on any atom is -0.207 e. The Morgan fingerprint density at radius 3 is 2.10 bits per heavy atom.